The van der Waals surface area contributed by atoms with Gasteiger partial charge in [0.2, 0.25) is 0 Å². The van der Waals surface area contributed by atoms with E-state index in [-0.39, 0.29) is 49.2 Å². The third-order valence-electron chi connectivity index (χ3n) is 10.1. The molecule has 2 fully saturated rings. The maximum Gasteiger partial charge on any atom is 0.410 e. The quantitative estimate of drug-likeness (QED) is 0.0978. The zero-order valence-corrected chi connectivity index (χ0v) is 39.8. The summed E-state index contributed by atoms with van der Waals surface area (Å²) in [7, 11) is 0. The fourth-order valence-corrected chi connectivity index (χ4v) is 6.89. The van der Waals surface area contributed by atoms with E-state index in [1.165, 1.54) is 76.0 Å². The van der Waals surface area contributed by atoms with Crippen molar-refractivity contribution in [3.8, 4) is 11.4 Å². The molecule has 0 aliphatic carbocycles. The zero-order valence-electron chi connectivity index (χ0n) is 39.8. The molecular weight excluding hydrogens is 887 g/mol. The van der Waals surface area contributed by atoms with Crippen molar-refractivity contribution < 1.29 is 46.9 Å². The van der Waals surface area contributed by atoms with Gasteiger partial charge in [-0.3, -0.25) is 23.5 Å². The molecule has 0 unspecified atom stereocenters. The molecule has 2 aromatic heterocycles. The molecular formula is C48H60F2N8O10. The van der Waals surface area contributed by atoms with Crippen LogP contribution in [0.1, 0.15) is 73.2 Å². The third-order valence-corrected chi connectivity index (χ3v) is 10.1. The van der Waals surface area contributed by atoms with Crippen molar-refractivity contribution in [2.45, 2.75) is 79.4 Å². The van der Waals surface area contributed by atoms with Crippen LogP contribution in [0.2, 0.25) is 0 Å². The van der Waals surface area contributed by atoms with Crippen LogP contribution in [0.15, 0.2) is 76.6 Å². The lowest BCUT2D eigenvalue weighted by Crippen LogP contribution is -2.51. The summed E-state index contributed by atoms with van der Waals surface area (Å²) in [6, 6.07) is 11.1. The molecule has 0 atom stereocenters. The van der Waals surface area contributed by atoms with Gasteiger partial charge in [-0.1, -0.05) is 0 Å². The zero-order chi connectivity index (χ0) is 49.8. The number of piperazine rings is 2. The lowest BCUT2D eigenvalue weighted by Gasteiger charge is -2.36. The van der Waals surface area contributed by atoms with Crippen LogP contribution < -0.4 is 20.9 Å². The van der Waals surface area contributed by atoms with Crippen LogP contribution in [0, 0.1) is 11.6 Å². The van der Waals surface area contributed by atoms with Crippen molar-refractivity contribution in [3.05, 3.63) is 111 Å². The molecule has 6 rings (SSSR count). The molecule has 0 N–H and O–H groups in total. The van der Waals surface area contributed by atoms with Crippen molar-refractivity contribution in [1.82, 2.24) is 28.9 Å². The molecule has 4 heterocycles. The molecule has 20 heteroatoms. The highest BCUT2D eigenvalue weighted by atomic mass is 19.1. The number of ether oxygens (including phenoxy) is 4. The van der Waals surface area contributed by atoms with Crippen LogP contribution in [0.3, 0.4) is 0 Å². The van der Waals surface area contributed by atoms with Gasteiger partial charge in [-0.25, -0.2) is 33.1 Å². The van der Waals surface area contributed by atoms with Crippen LogP contribution in [0.25, 0.3) is 17.5 Å². The number of amides is 2. The lowest BCUT2D eigenvalue weighted by atomic mass is 10.2. The molecule has 2 aliphatic heterocycles. The van der Waals surface area contributed by atoms with Crippen LogP contribution in [0.5, 0.6) is 0 Å². The molecule has 4 aromatic rings. The van der Waals surface area contributed by atoms with Gasteiger partial charge < -0.3 is 38.5 Å². The van der Waals surface area contributed by atoms with Gasteiger partial charge in [-0.15, -0.1) is 0 Å². The number of anilines is 2. The molecule has 2 aromatic carbocycles. The number of carbonyl (C=O) groups excluding carboxylic acids is 4. The number of nitrogens with zero attached hydrogens (tertiary/aromatic N) is 8. The Morgan fingerprint density at radius 2 is 1.04 bits per heavy atom. The van der Waals surface area contributed by atoms with Gasteiger partial charge in [0, 0.05) is 88.6 Å². The second-order valence-electron chi connectivity index (χ2n) is 17.6. The number of carbonyl (C=O) groups is 4. The molecule has 0 radical (unpaired) electrons. The average Bonchev–Trinajstić information content (AvgIpc) is 3.28. The molecule has 2 amide bonds. The Labute approximate surface area is 393 Å². The van der Waals surface area contributed by atoms with Gasteiger partial charge in [0.25, 0.3) is 11.1 Å². The summed E-state index contributed by atoms with van der Waals surface area (Å²) in [4.78, 5) is 90.7. The normalized spacial score (nSPS) is 14.3. The van der Waals surface area contributed by atoms with E-state index < -0.39 is 46.6 Å². The first-order chi connectivity index (χ1) is 32.1. The Morgan fingerprint density at radius 3 is 1.47 bits per heavy atom. The van der Waals surface area contributed by atoms with Crippen LogP contribution in [0.4, 0.5) is 30.0 Å². The van der Waals surface area contributed by atoms with E-state index in [1.807, 2.05) is 25.7 Å². The van der Waals surface area contributed by atoms with Crippen LogP contribution in [-0.4, -0.2) is 130 Å². The first-order valence-electron chi connectivity index (χ1n) is 22.4. The minimum Gasteiger partial charge on any atom is -0.466 e. The van der Waals surface area contributed by atoms with Gasteiger partial charge in [0.15, 0.2) is 11.6 Å². The van der Waals surface area contributed by atoms with E-state index in [4.69, 9.17) is 18.9 Å². The second kappa shape index (κ2) is 23.1. The minimum absolute atomic E-state index is 0.119. The summed E-state index contributed by atoms with van der Waals surface area (Å²) >= 11 is 0. The Kier molecular flexibility index (Phi) is 17.6. The molecule has 0 bridgehead atoms. The van der Waals surface area contributed by atoms with Gasteiger partial charge in [-0.05, 0) is 110 Å². The van der Waals surface area contributed by atoms with Crippen molar-refractivity contribution in [1.29, 1.82) is 0 Å². The van der Waals surface area contributed by atoms with Crippen molar-refractivity contribution >= 4 is 41.8 Å². The summed E-state index contributed by atoms with van der Waals surface area (Å²) in [6.07, 6.45) is 5.33. The van der Waals surface area contributed by atoms with E-state index in [2.05, 4.69) is 9.97 Å². The van der Waals surface area contributed by atoms with Crippen molar-refractivity contribution in [3.63, 3.8) is 0 Å². The highest BCUT2D eigenvalue weighted by Crippen LogP contribution is 2.19. The Hall–Kier alpha value is -7.12. The number of rotatable bonds is 11. The summed E-state index contributed by atoms with van der Waals surface area (Å²) in [6.45, 7) is 17.8. The molecule has 2 saturated heterocycles. The van der Waals surface area contributed by atoms with E-state index in [0.717, 1.165) is 0 Å². The average molecular weight is 947 g/mol. The van der Waals surface area contributed by atoms with E-state index in [9.17, 15) is 37.5 Å². The topological polar surface area (TPSA) is 188 Å². The highest BCUT2D eigenvalue weighted by Gasteiger charge is 2.30. The molecule has 18 nitrogen and oxygen atoms in total. The number of esters is 2. The van der Waals surface area contributed by atoms with Crippen LogP contribution >= 0.6 is 0 Å². The number of aryl methyl sites for hydroxylation is 1. The summed E-state index contributed by atoms with van der Waals surface area (Å²) in [5.41, 5.74) is -0.136. The van der Waals surface area contributed by atoms with E-state index in [0.29, 0.717) is 75.1 Å². The summed E-state index contributed by atoms with van der Waals surface area (Å²) in [5.74, 6) is -1.33. The first-order valence-corrected chi connectivity index (χ1v) is 22.4. The Balaban J connectivity index is 0.000000254. The van der Waals surface area contributed by atoms with Gasteiger partial charge in [0.1, 0.15) is 22.8 Å². The van der Waals surface area contributed by atoms with Gasteiger partial charge in [-0.2, -0.15) is 0 Å². The third kappa shape index (κ3) is 14.9. The highest BCUT2D eigenvalue weighted by molar-refractivity contribution is 5.86. The predicted molar refractivity (Wildman–Crippen MR) is 250 cm³/mol. The minimum atomic E-state index is -0.599. The molecule has 68 heavy (non-hydrogen) atoms. The van der Waals surface area contributed by atoms with E-state index in [1.54, 1.807) is 55.5 Å². The van der Waals surface area contributed by atoms with Crippen LogP contribution in [-0.2, 0) is 35.0 Å². The largest absolute Gasteiger partial charge is 0.466 e. The first kappa shape index (κ1) is 51.9. The number of hydrogen-bond donors (Lipinski definition) is 0. The Morgan fingerprint density at radius 1 is 0.618 bits per heavy atom. The maximum absolute atomic E-state index is 13.4. The summed E-state index contributed by atoms with van der Waals surface area (Å²) in [5, 5.41) is 0. The molecule has 2 aliphatic rings. The fourth-order valence-electron chi connectivity index (χ4n) is 6.89. The monoisotopic (exact) mass is 946 g/mol. The number of halogens is 2. The predicted octanol–water partition coefficient (Wildman–Crippen LogP) is 5.93. The number of aromatic nitrogens is 4. The molecule has 0 spiro atoms. The second-order valence-corrected chi connectivity index (χ2v) is 17.6. The summed E-state index contributed by atoms with van der Waals surface area (Å²) < 4.78 is 50.4. The molecule has 366 valence electrons. The van der Waals surface area contributed by atoms with Gasteiger partial charge >= 0.3 is 24.1 Å². The SMILES string of the molecule is CCOC(=O)/C=C/c1cn(-c2ccc(F)cc2)c(=O)c(N2CCN(C(=O)OC(C)(C)C)CC2)n1.CCOC(=O)CCc1cn(-c2ccc(F)cc2)c(=O)c(N2CCN(C(=O)OC(C)(C)C)CC2)n1. The Bertz CT molecular complexity index is 2540. The lowest BCUT2D eigenvalue weighted by molar-refractivity contribution is -0.143. The van der Waals surface area contributed by atoms with E-state index >= 15 is 0 Å². The van der Waals surface area contributed by atoms with Crippen molar-refractivity contribution in [2.24, 2.45) is 0 Å². The van der Waals surface area contributed by atoms with Gasteiger partial charge in [0.05, 0.1) is 31.0 Å². The smallest absolute Gasteiger partial charge is 0.410 e. The number of hydrogen-bond acceptors (Lipinski definition) is 14. The number of benzene rings is 2. The van der Waals surface area contributed by atoms with Crippen molar-refractivity contribution in [2.75, 3.05) is 75.4 Å². The standard InChI is InChI=1S/C24H31FN4O5.C24H29FN4O5/c2*1-5-33-20(30)11-8-18-16-29(19-9-6-17(25)7-10-19)22(31)21(26-18)27-12-14-28(15-13-27)23(32)34-24(2,3)4/h6-7,9-10,16H,5,8,11-15H2,1-4H3;6-11,16H,5,12-15H2,1-4H3/b;11-8+. The molecule has 0 saturated carbocycles. The fraction of sp³-hybridized carbons (Fsp3) is 0.458. The maximum atomic E-state index is 13.4.